The fourth-order valence-corrected chi connectivity index (χ4v) is 8.35. The fourth-order valence-electron chi connectivity index (χ4n) is 7.63. The molecule has 0 saturated carbocycles. The van der Waals surface area contributed by atoms with Crippen LogP contribution in [0.4, 0.5) is 0 Å². The van der Waals surface area contributed by atoms with Crippen molar-refractivity contribution in [3.63, 3.8) is 0 Å². The monoisotopic (exact) mass is 973 g/mol. The average molecular weight is 973 g/mol. The number of hydrogen-bond acceptors (Lipinski definition) is 7. The molecule has 0 rings (SSSR count). The van der Waals surface area contributed by atoms with Crippen LogP contribution in [0.15, 0.2) is 72.9 Å². The number of nitrogens with one attached hydrogen (secondary N) is 1. The molecular weight excluding hydrogens is 868 g/mol. The number of hydrogen-bond donors (Lipinski definition) is 1. The van der Waals surface area contributed by atoms with Gasteiger partial charge < -0.3 is 28.5 Å². The van der Waals surface area contributed by atoms with Crippen molar-refractivity contribution in [1.82, 2.24) is 5.32 Å². The van der Waals surface area contributed by atoms with Crippen LogP contribution in [0.3, 0.4) is 0 Å². The van der Waals surface area contributed by atoms with Crippen molar-refractivity contribution in [2.75, 3.05) is 40.9 Å². The van der Waals surface area contributed by atoms with Crippen LogP contribution >= 0.6 is 7.82 Å². The van der Waals surface area contributed by atoms with E-state index >= 15 is 0 Å². The van der Waals surface area contributed by atoms with E-state index in [4.69, 9.17) is 13.8 Å². The van der Waals surface area contributed by atoms with Gasteiger partial charge in [0, 0.05) is 12.8 Å². The summed E-state index contributed by atoms with van der Waals surface area (Å²) in [5, 5.41) is 2.97. The Morgan fingerprint density at radius 1 is 0.529 bits per heavy atom. The number of likely N-dealkylation sites (N-methyl/N-ethyl adjacent to an activating group) is 1. The second-order valence-corrected chi connectivity index (χ2v) is 21.1. The Morgan fingerprint density at radius 2 is 0.956 bits per heavy atom. The maximum atomic E-state index is 13.4. The van der Waals surface area contributed by atoms with E-state index in [9.17, 15) is 19.0 Å². The average Bonchev–Trinajstić information content (AvgIpc) is 3.29. The van der Waals surface area contributed by atoms with E-state index in [-0.39, 0.29) is 31.3 Å². The maximum absolute atomic E-state index is 13.4. The highest BCUT2D eigenvalue weighted by molar-refractivity contribution is 7.45. The molecule has 9 nitrogen and oxygen atoms in total. The number of esters is 1. The summed E-state index contributed by atoms with van der Waals surface area (Å²) < 4.78 is 30.1. The highest BCUT2D eigenvalue weighted by atomic mass is 31.2. The summed E-state index contributed by atoms with van der Waals surface area (Å²) in [5.41, 5.74) is 0. The van der Waals surface area contributed by atoms with Crippen molar-refractivity contribution >= 4 is 19.7 Å². The number of carbonyl (C=O) groups excluding carboxylic acids is 2. The molecule has 0 aliphatic carbocycles. The summed E-state index contributed by atoms with van der Waals surface area (Å²) in [6.07, 6.45) is 60.2. The number of unbranched alkanes of at least 4 members (excludes halogenated alkanes) is 23. The van der Waals surface area contributed by atoms with E-state index in [1.807, 2.05) is 45.4 Å². The third-order valence-corrected chi connectivity index (χ3v) is 12.9. The van der Waals surface area contributed by atoms with Crippen LogP contribution in [-0.4, -0.2) is 69.4 Å². The Kier molecular flexibility index (Phi) is 46.3. The Bertz CT molecular complexity index is 1400. The lowest BCUT2D eigenvalue weighted by atomic mass is 10.0. The minimum absolute atomic E-state index is 0.0368. The summed E-state index contributed by atoms with van der Waals surface area (Å²) in [6.45, 7) is 6.66. The molecule has 68 heavy (non-hydrogen) atoms. The zero-order chi connectivity index (χ0) is 50.1. The summed E-state index contributed by atoms with van der Waals surface area (Å²) >= 11 is 0. The molecule has 0 fully saturated rings. The van der Waals surface area contributed by atoms with E-state index in [2.05, 4.69) is 74.7 Å². The molecule has 0 aromatic rings. The molecule has 10 heteroatoms. The predicted octanol–water partition coefficient (Wildman–Crippen LogP) is 15.9. The third kappa shape index (κ3) is 48.5. The van der Waals surface area contributed by atoms with Gasteiger partial charge in [-0.2, -0.15) is 0 Å². The highest BCUT2D eigenvalue weighted by Crippen LogP contribution is 2.38. The van der Waals surface area contributed by atoms with Crippen LogP contribution in [0, 0.1) is 0 Å². The number of rotatable bonds is 49. The van der Waals surface area contributed by atoms with Gasteiger partial charge in [0.05, 0.1) is 33.8 Å². The lowest BCUT2D eigenvalue weighted by Gasteiger charge is -2.30. The van der Waals surface area contributed by atoms with Gasteiger partial charge in [0.25, 0.3) is 7.82 Å². The van der Waals surface area contributed by atoms with Crippen molar-refractivity contribution < 1.29 is 37.3 Å². The van der Waals surface area contributed by atoms with Crippen molar-refractivity contribution in [2.45, 2.75) is 245 Å². The fraction of sp³-hybridized carbons (Fsp3) is 0.759. The minimum atomic E-state index is -4.71. The molecule has 0 aliphatic rings. The SMILES string of the molecule is CC/C=C/C/C=C/C/C=C/C/C=C/C/C=C/CCC(=O)NC(COP(=O)([O-])OCC[N+](C)(C)C)C(/C=C/CCCCCCCCCCCCC)OC(=O)CCCCCCCCCCCCCCC. The van der Waals surface area contributed by atoms with E-state index in [1.165, 1.54) is 122 Å². The van der Waals surface area contributed by atoms with Gasteiger partial charge >= 0.3 is 5.97 Å². The first-order valence-electron chi connectivity index (χ1n) is 27.7. The van der Waals surface area contributed by atoms with Crippen molar-refractivity contribution in [3.8, 4) is 0 Å². The predicted molar refractivity (Wildman–Crippen MR) is 288 cm³/mol. The van der Waals surface area contributed by atoms with Crippen LogP contribution in [0.1, 0.15) is 233 Å². The largest absolute Gasteiger partial charge is 0.756 e. The summed E-state index contributed by atoms with van der Waals surface area (Å²) in [5.74, 6) is -0.637. The molecule has 1 N–H and O–H groups in total. The van der Waals surface area contributed by atoms with Crippen LogP contribution < -0.4 is 10.2 Å². The molecule has 1 amide bonds. The van der Waals surface area contributed by atoms with E-state index < -0.39 is 26.6 Å². The van der Waals surface area contributed by atoms with Crippen LogP contribution in [0.5, 0.6) is 0 Å². The number of nitrogens with zero attached hydrogens (tertiary/aromatic N) is 1. The maximum Gasteiger partial charge on any atom is 0.306 e. The second kappa shape index (κ2) is 48.1. The summed E-state index contributed by atoms with van der Waals surface area (Å²) in [7, 11) is 1.14. The smallest absolute Gasteiger partial charge is 0.306 e. The first-order chi connectivity index (χ1) is 32.9. The quantitative estimate of drug-likeness (QED) is 0.0212. The van der Waals surface area contributed by atoms with Gasteiger partial charge in [-0.3, -0.25) is 14.2 Å². The normalized spacial score (nSPS) is 14.4. The van der Waals surface area contributed by atoms with Crippen molar-refractivity contribution in [1.29, 1.82) is 0 Å². The molecule has 3 atom stereocenters. The summed E-state index contributed by atoms with van der Waals surface area (Å²) in [4.78, 5) is 39.7. The van der Waals surface area contributed by atoms with Crippen LogP contribution in [0.25, 0.3) is 0 Å². The number of phosphoric ester groups is 1. The topological polar surface area (TPSA) is 114 Å². The first-order valence-corrected chi connectivity index (χ1v) is 29.2. The molecular formula is C58H105N2O7P. The summed E-state index contributed by atoms with van der Waals surface area (Å²) in [6, 6.07) is -0.927. The molecule has 0 bridgehead atoms. The number of phosphoric acid groups is 1. The molecule has 394 valence electrons. The number of ether oxygens (including phenoxy) is 1. The lowest BCUT2D eigenvalue weighted by molar-refractivity contribution is -0.870. The second-order valence-electron chi connectivity index (χ2n) is 19.7. The lowest BCUT2D eigenvalue weighted by Crippen LogP contribution is -2.47. The van der Waals surface area contributed by atoms with Gasteiger partial charge in [-0.25, -0.2) is 0 Å². The zero-order valence-corrected chi connectivity index (χ0v) is 45.7. The van der Waals surface area contributed by atoms with E-state index in [0.717, 1.165) is 70.6 Å². The molecule has 0 radical (unpaired) electrons. The van der Waals surface area contributed by atoms with Gasteiger partial charge in [-0.05, 0) is 63.9 Å². The third-order valence-electron chi connectivity index (χ3n) is 11.9. The molecule has 0 saturated heterocycles. The molecule has 0 spiro atoms. The molecule has 0 aromatic heterocycles. The molecule has 0 heterocycles. The standard InChI is InChI=1S/C58H105N2O7P/c1-7-10-13-16-19-22-25-28-29-30-33-35-38-41-44-47-50-57(61)59-55(54-66-68(63,64)65-53-52-60(4,5)6)56(49-46-43-40-37-34-31-26-23-20-17-14-11-8-2)67-58(62)51-48-45-42-39-36-32-27-24-21-18-15-12-9-3/h10,13,19,22,28-29,33,35,41,44,46,49,55-56H,7-9,11-12,14-18,20-21,23-27,30-32,34,36-40,42-43,45,47-48,50-54H2,1-6H3,(H-,59,61,63,64)/b13-10+,22-19+,29-28+,35-33+,44-41+,49-46+. The number of amides is 1. The highest BCUT2D eigenvalue weighted by Gasteiger charge is 2.27. The Labute approximate surface area is 419 Å². The Hall–Kier alpha value is -2.55. The molecule has 3 unspecified atom stereocenters. The van der Waals surface area contributed by atoms with Gasteiger partial charge in [0.2, 0.25) is 5.91 Å². The molecule has 0 aliphatic heterocycles. The van der Waals surface area contributed by atoms with Gasteiger partial charge in [-0.15, -0.1) is 0 Å². The molecule has 0 aromatic carbocycles. The van der Waals surface area contributed by atoms with Crippen molar-refractivity contribution in [3.05, 3.63) is 72.9 Å². The number of allylic oxidation sites excluding steroid dienone is 11. The van der Waals surface area contributed by atoms with Gasteiger partial charge in [0.15, 0.2) is 0 Å². The Balaban J connectivity index is 5.52. The van der Waals surface area contributed by atoms with Gasteiger partial charge in [-0.1, -0.05) is 229 Å². The Morgan fingerprint density at radius 3 is 1.41 bits per heavy atom. The van der Waals surface area contributed by atoms with E-state index in [1.54, 1.807) is 0 Å². The number of carbonyl (C=O) groups is 2. The van der Waals surface area contributed by atoms with Crippen LogP contribution in [-0.2, 0) is 27.9 Å². The van der Waals surface area contributed by atoms with Crippen LogP contribution in [0.2, 0.25) is 0 Å². The minimum Gasteiger partial charge on any atom is -0.756 e. The van der Waals surface area contributed by atoms with Gasteiger partial charge in [0.1, 0.15) is 19.3 Å². The zero-order valence-electron chi connectivity index (χ0n) is 44.8. The van der Waals surface area contributed by atoms with E-state index in [0.29, 0.717) is 17.4 Å². The first kappa shape index (κ1) is 65.5. The number of quaternary nitrogens is 1. The van der Waals surface area contributed by atoms with Crippen molar-refractivity contribution in [2.24, 2.45) is 0 Å².